The highest BCUT2D eigenvalue weighted by atomic mass is 35.5. The summed E-state index contributed by atoms with van der Waals surface area (Å²) in [6.45, 7) is 3.73. The van der Waals surface area contributed by atoms with Crippen LogP contribution < -0.4 is 20.7 Å². The van der Waals surface area contributed by atoms with Gasteiger partial charge in [-0.05, 0) is 50.7 Å². The predicted octanol–water partition coefficient (Wildman–Crippen LogP) is 1.79. The van der Waals surface area contributed by atoms with Crippen LogP contribution in [0.25, 0.3) is 0 Å². The molecule has 3 saturated carbocycles. The molecule has 0 spiro atoms. The van der Waals surface area contributed by atoms with Gasteiger partial charge in [-0.2, -0.15) is 0 Å². The maximum absolute atomic E-state index is 13.5. The van der Waals surface area contributed by atoms with E-state index in [1.54, 1.807) is 6.07 Å². The Bertz CT molecular complexity index is 774. The van der Waals surface area contributed by atoms with Crippen LogP contribution in [0.15, 0.2) is 18.2 Å². The lowest BCUT2D eigenvalue weighted by atomic mass is 9.44. The summed E-state index contributed by atoms with van der Waals surface area (Å²) in [5.74, 6) is -0.169. The molecule has 1 aromatic carbocycles. The van der Waals surface area contributed by atoms with Crippen molar-refractivity contribution in [2.75, 3.05) is 32.9 Å². The fraction of sp³-hybridized carbons (Fsp3) is 0.727. The smallest absolute Gasteiger partial charge is 0.145 e. The SMILES string of the molecule is OC(COc1ccc(Cl)c(F)c1)NC12CC(NC3CCCC(N4CCOCC4)N3)(C1)C2. The molecule has 3 aliphatic carbocycles. The van der Waals surface area contributed by atoms with Crippen molar-refractivity contribution in [3.05, 3.63) is 29.0 Å². The maximum Gasteiger partial charge on any atom is 0.145 e. The van der Waals surface area contributed by atoms with E-state index in [9.17, 15) is 9.50 Å². The fourth-order valence-corrected chi connectivity index (χ4v) is 5.92. The molecule has 3 unspecified atom stereocenters. The molecule has 31 heavy (non-hydrogen) atoms. The minimum atomic E-state index is -0.796. The summed E-state index contributed by atoms with van der Waals surface area (Å²) in [6, 6.07) is 4.28. The number of halogens is 2. The Hall–Kier alpha value is -1.00. The van der Waals surface area contributed by atoms with E-state index in [1.165, 1.54) is 25.0 Å². The Balaban J connectivity index is 1.04. The Morgan fingerprint density at radius 3 is 2.77 bits per heavy atom. The Kier molecular flexibility index (Phi) is 6.15. The van der Waals surface area contributed by atoms with Crippen molar-refractivity contribution >= 4 is 11.6 Å². The molecule has 172 valence electrons. The number of rotatable bonds is 8. The molecular weight excluding hydrogens is 423 g/mol. The normalized spacial score (nSPS) is 36.4. The first-order valence-electron chi connectivity index (χ1n) is 11.3. The average Bonchev–Trinajstić information content (AvgIpc) is 2.73. The standard InChI is InChI=1S/C22H32ClFN4O3/c23-16-5-4-15(10-17(16)24)31-11-20(29)27-22-12-21(13-22,14-22)26-18-2-1-3-19(25-18)28-6-8-30-9-7-28/h4-5,10,18-20,25-27,29H,1-3,6-9,11-14H2. The molecule has 2 aliphatic heterocycles. The third kappa shape index (κ3) is 4.71. The van der Waals surface area contributed by atoms with Gasteiger partial charge in [0, 0.05) is 30.2 Å². The summed E-state index contributed by atoms with van der Waals surface area (Å²) < 4.78 is 24.5. The molecule has 0 radical (unpaired) electrons. The van der Waals surface area contributed by atoms with Crippen molar-refractivity contribution in [3.8, 4) is 5.75 Å². The van der Waals surface area contributed by atoms with Crippen LogP contribution >= 0.6 is 11.6 Å². The van der Waals surface area contributed by atoms with Crippen molar-refractivity contribution in [2.24, 2.45) is 0 Å². The van der Waals surface area contributed by atoms with Gasteiger partial charge in [-0.25, -0.2) is 4.39 Å². The summed E-state index contributed by atoms with van der Waals surface area (Å²) in [4.78, 5) is 2.51. The molecule has 2 heterocycles. The second kappa shape index (κ2) is 8.74. The van der Waals surface area contributed by atoms with Crippen LogP contribution in [0, 0.1) is 5.82 Å². The summed E-state index contributed by atoms with van der Waals surface area (Å²) in [6.07, 6.45) is 6.58. The molecule has 0 aromatic heterocycles. The van der Waals surface area contributed by atoms with Gasteiger partial charge >= 0.3 is 0 Å². The number of aliphatic hydroxyl groups excluding tert-OH is 1. The number of piperidine rings is 1. The van der Waals surface area contributed by atoms with Crippen LogP contribution in [0.2, 0.25) is 5.02 Å². The highest BCUT2D eigenvalue weighted by Gasteiger charge is 2.68. The van der Waals surface area contributed by atoms with E-state index in [0.717, 1.165) is 52.0 Å². The zero-order chi connectivity index (χ0) is 21.5. The monoisotopic (exact) mass is 454 g/mol. The van der Waals surface area contributed by atoms with Gasteiger partial charge in [-0.1, -0.05) is 11.6 Å². The van der Waals surface area contributed by atoms with Gasteiger partial charge in [0.25, 0.3) is 0 Å². The number of benzene rings is 1. The molecule has 3 atom stereocenters. The molecule has 4 N–H and O–H groups in total. The van der Waals surface area contributed by atoms with E-state index < -0.39 is 12.0 Å². The highest BCUT2D eigenvalue weighted by Crippen LogP contribution is 2.60. The number of ether oxygens (including phenoxy) is 2. The number of nitrogens with one attached hydrogen (secondary N) is 3. The van der Waals surface area contributed by atoms with Crippen LogP contribution in [0.5, 0.6) is 5.75 Å². The first kappa shape index (κ1) is 21.8. The lowest BCUT2D eigenvalue weighted by Gasteiger charge is -2.72. The van der Waals surface area contributed by atoms with E-state index in [4.69, 9.17) is 21.1 Å². The molecule has 5 aliphatic rings. The van der Waals surface area contributed by atoms with Crippen LogP contribution in [0.1, 0.15) is 38.5 Å². The second-order valence-corrected chi connectivity index (χ2v) is 10.0. The van der Waals surface area contributed by atoms with E-state index in [-0.39, 0.29) is 22.7 Å². The maximum atomic E-state index is 13.5. The van der Waals surface area contributed by atoms with Crippen molar-refractivity contribution in [2.45, 2.75) is 68.2 Å². The number of hydrogen-bond donors (Lipinski definition) is 4. The van der Waals surface area contributed by atoms with Crippen LogP contribution in [-0.4, -0.2) is 72.6 Å². The van der Waals surface area contributed by atoms with Gasteiger partial charge in [-0.15, -0.1) is 0 Å². The van der Waals surface area contributed by atoms with Gasteiger partial charge in [0.15, 0.2) is 0 Å². The van der Waals surface area contributed by atoms with E-state index >= 15 is 0 Å². The Labute approximate surface area is 187 Å². The third-order valence-electron chi connectivity index (χ3n) is 7.13. The zero-order valence-electron chi connectivity index (χ0n) is 17.7. The summed E-state index contributed by atoms with van der Waals surface area (Å²) in [7, 11) is 0. The largest absolute Gasteiger partial charge is 0.489 e. The summed E-state index contributed by atoms with van der Waals surface area (Å²) in [5, 5.41) is 21.4. The topological polar surface area (TPSA) is 78.0 Å². The van der Waals surface area contributed by atoms with Crippen molar-refractivity contribution in [3.63, 3.8) is 0 Å². The lowest BCUT2D eigenvalue weighted by molar-refractivity contribution is -0.142. The second-order valence-electron chi connectivity index (χ2n) is 9.60. The van der Waals surface area contributed by atoms with Crippen LogP contribution in [0.3, 0.4) is 0 Å². The first-order chi connectivity index (χ1) is 14.9. The zero-order valence-corrected chi connectivity index (χ0v) is 18.5. The van der Waals surface area contributed by atoms with E-state index in [1.807, 2.05) is 0 Å². The van der Waals surface area contributed by atoms with Gasteiger partial charge in [-0.3, -0.25) is 20.9 Å². The van der Waals surface area contributed by atoms with Gasteiger partial charge in [0.05, 0.1) is 30.6 Å². The van der Waals surface area contributed by atoms with Crippen molar-refractivity contribution < 1.29 is 19.0 Å². The third-order valence-corrected chi connectivity index (χ3v) is 7.44. The minimum absolute atomic E-state index is 0.0146. The molecule has 2 saturated heterocycles. The van der Waals surface area contributed by atoms with Crippen molar-refractivity contribution in [1.82, 2.24) is 20.9 Å². The van der Waals surface area contributed by atoms with Gasteiger partial charge in [0.1, 0.15) is 24.4 Å². The number of nitrogens with zero attached hydrogens (tertiary/aromatic N) is 1. The average molecular weight is 455 g/mol. The van der Waals surface area contributed by atoms with Gasteiger partial charge < -0.3 is 14.6 Å². The predicted molar refractivity (Wildman–Crippen MR) is 115 cm³/mol. The van der Waals surface area contributed by atoms with E-state index in [2.05, 4.69) is 20.9 Å². The number of morpholine rings is 1. The van der Waals surface area contributed by atoms with Crippen LogP contribution in [-0.2, 0) is 4.74 Å². The molecule has 0 amide bonds. The molecule has 5 fully saturated rings. The quantitative estimate of drug-likeness (QED) is 0.446. The minimum Gasteiger partial charge on any atom is -0.489 e. The highest BCUT2D eigenvalue weighted by molar-refractivity contribution is 6.30. The molecule has 6 rings (SSSR count). The van der Waals surface area contributed by atoms with Crippen LogP contribution in [0.4, 0.5) is 4.39 Å². The molecular formula is C22H32ClFN4O3. The van der Waals surface area contributed by atoms with Crippen molar-refractivity contribution in [1.29, 1.82) is 0 Å². The molecule has 7 nitrogen and oxygen atoms in total. The summed E-state index contributed by atoms with van der Waals surface area (Å²) >= 11 is 5.68. The van der Waals surface area contributed by atoms with E-state index in [0.29, 0.717) is 18.1 Å². The molecule has 9 heteroatoms. The number of aliphatic hydroxyl groups is 1. The Morgan fingerprint density at radius 2 is 2.03 bits per heavy atom. The number of hydrogen-bond acceptors (Lipinski definition) is 7. The summed E-state index contributed by atoms with van der Waals surface area (Å²) in [5.41, 5.74) is 0.163. The molecule has 2 bridgehead atoms. The lowest BCUT2D eigenvalue weighted by Crippen LogP contribution is -2.85. The van der Waals surface area contributed by atoms with Gasteiger partial charge in [0.2, 0.25) is 0 Å². The molecule has 1 aromatic rings. The first-order valence-corrected chi connectivity index (χ1v) is 11.7. The fourth-order valence-electron chi connectivity index (χ4n) is 5.81. The Morgan fingerprint density at radius 1 is 1.26 bits per heavy atom.